The van der Waals surface area contributed by atoms with Crippen molar-refractivity contribution < 1.29 is 4.39 Å². The molecule has 5 heteroatoms. The zero-order valence-corrected chi connectivity index (χ0v) is 14.1. The van der Waals surface area contributed by atoms with Gasteiger partial charge >= 0.3 is 0 Å². The summed E-state index contributed by atoms with van der Waals surface area (Å²) in [6.45, 7) is 6.20. The van der Waals surface area contributed by atoms with Crippen LogP contribution in [0.4, 0.5) is 4.39 Å². The van der Waals surface area contributed by atoms with Crippen LogP contribution in [0.1, 0.15) is 12.5 Å². The van der Waals surface area contributed by atoms with Crippen molar-refractivity contribution in [3.05, 3.63) is 82.4 Å². The normalized spacial score (nSPS) is 10.9. The Morgan fingerprint density at radius 2 is 1.92 bits per heavy atom. The molecule has 0 atom stereocenters. The molecule has 0 spiro atoms. The van der Waals surface area contributed by atoms with Gasteiger partial charge in [-0.05, 0) is 36.8 Å². The zero-order chi connectivity index (χ0) is 17.1. The second kappa shape index (κ2) is 7.01. The molecule has 1 heterocycles. The van der Waals surface area contributed by atoms with E-state index < -0.39 is 0 Å². The van der Waals surface area contributed by atoms with Crippen molar-refractivity contribution in [2.75, 3.05) is 5.75 Å². The maximum absolute atomic E-state index is 13.1. The van der Waals surface area contributed by atoms with Crippen molar-refractivity contribution >= 4 is 22.7 Å². The zero-order valence-electron chi connectivity index (χ0n) is 13.3. The van der Waals surface area contributed by atoms with Gasteiger partial charge in [0.15, 0.2) is 5.16 Å². The molecule has 0 saturated heterocycles. The van der Waals surface area contributed by atoms with E-state index in [0.717, 1.165) is 11.1 Å². The van der Waals surface area contributed by atoms with E-state index in [-0.39, 0.29) is 11.4 Å². The topological polar surface area (TPSA) is 34.9 Å². The van der Waals surface area contributed by atoms with Crippen LogP contribution in [0.25, 0.3) is 10.9 Å². The van der Waals surface area contributed by atoms with E-state index in [9.17, 15) is 9.18 Å². The third kappa shape index (κ3) is 3.57. The van der Waals surface area contributed by atoms with Crippen LogP contribution in [0, 0.1) is 5.82 Å². The van der Waals surface area contributed by atoms with Crippen LogP contribution in [0.15, 0.2) is 70.6 Å². The first-order valence-electron chi connectivity index (χ1n) is 7.56. The van der Waals surface area contributed by atoms with E-state index in [4.69, 9.17) is 0 Å². The van der Waals surface area contributed by atoms with E-state index in [2.05, 4.69) is 11.6 Å². The number of halogens is 1. The predicted octanol–water partition coefficient (Wildman–Crippen LogP) is 4.25. The molecule has 0 radical (unpaired) electrons. The fourth-order valence-corrected chi connectivity index (χ4v) is 3.20. The summed E-state index contributed by atoms with van der Waals surface area (Å²) in [5, 5.41) is 1.23. The highest BCUT2D eigenvalue weighted by molar-refractivity contribution is 7.99. The standard InChI is InChI=1S/C19H17FN2OS/c1-13(2)12-24-19-21-17-6-4-3-5-16(17)18(23)22(19)11-14-7-9-15(20)10-8-14/h3-10H,1,11-12H2,2H3. The summed E-state index contributed by atoms with van der Waals surface area (Å²) in [5.41, 5.74) is 2.46. The SMILES string of the molecule is C=C(C)CSc1nc2ccccc2c(=O)n1Cc1ccc(F)cc1. The largest absolute Gasteiger partial charge is 0.283 e. The van der Waals surface area contributed by atoms with Gasteiger partial charge < -0.3 is 0 Å². The third-order valence-electron chi connectivity index (χ3n) is 3.53. The summed E-state index contributed by atoms with van der Waals surface area (Å²) >= 11 is 1.48. The number of rotatable bonds is 5. The van der Waals surface area contributed by atoms with E-state index in [1.165, 1.54) is 23.9 Å². The Balaban J connectivity index is 2.09. The van der Waals surface area contributed by atoms with Gasteiger partial charge in [-0.1, -0.05) is 48.2 Å². The molecule has 0 N–H and O–H groups in total. The Morgan fingerprint density at radius 3 is 2.62 bits per heavy atom. The molecule has 1 aromatic heterocycles. The van der Waals surface area contributed by atoms with Crippen molar-refractivity contribution in [1.29, 1.82) is 0 Å². The average molecular weight is 340 g/mol. The molecule has 0 amide bonds. The summed E-state index contributed by atoms with van der Waals surface area (Å²) in [5.74, 6) is 0.397. The molecule has 3 aromatic rings. The Bertz CT molecular complexity index is 948. The second-order valence-corrected chi connectivity index (χ2v) is 6.62. The maximum atomic E-state index is 13.1. The van der Waals surface area contributed by atoms with Gasteiger partial charge in [0.25, 0.3) is 5.56 Å². The lowest BCUT2D eigenvalue weighted by atomic mass is 10.2. The number of aromatic nitrogens is 2. The number of hydrogen-bond donors (Lipinski definition) is 0. The summed E-state index contributed by atoms with van der Waals surface area (Å²) in [7, 11) is 0. The molecular weight excluding hydrogens is 323 g/mol. The van der Waals surface area contributed by atoms with E-state index >= 15 is 0 Å². The summed E-state index contributed by atoms with van der Waals surface area (Å²) in [4.78, 5) is 17.5. The fraction of sp³-hybridized carbons (Fsp3) is 0.158. The second-order valence-electron chi connectivity index (χ2n) is 5.68. The first-order valence-corrected chi connectivity index (χ1v) is 8.54. The first kappa shape index (κ1) is 16.5. The molecule has 0 aliphatic rings. The first-order chi connectivity index (χ1) is 11.5. The highest BCUT2D eigenvalue weighted by Gasteiger charge is 2.12. The molecule has 24 heavy (non-hydrogen) atoms. The third-order valence-corrected chi connectivity index (χ3v) is 4.74. The van der Waals surface area contributed by atoms with Crippen molar-refractivity contribution in [1.82, 2.24) is 9.55 Å². The molecule has 3 nitrogen and oxygen atoms in total. The number of benzene rings is 2. The quantitative estimate of drug-likeness (QED) is 0.396. The predicted molar refractivity (Wildman–Crippen MR) is 97.0 cm³/mol. The van der Waals surface area contributed by atoms with Crippen LogP contribution in [-0.2, 0) is 6.54 Å². The monoisotopic (exact) mass is 340 g/mol. The molecule has 2 aromatic carbocycles. The van der Waals surface area contributed by atoms with E-state index in [0.29, 0.717) is 28.4 Å². The smallest absolute Gasteiger partial charge is 0.262 e. The molecule has 0 aliphatic heterocycles. The van der Waals surface area contributed by atoms with E-state index in [1.807, 2.05) is 25.1 Å². The van der Waals surface area contributed by atoms with Crippen molar-refractivity contribution in [3.63, 3.8) is 0 Å². The fourth-order valence-electron chi connectivity index (χ4n) is 2.36. The van der Waals surface area contributed by atoms with Crippen LogP contribution in [0.2, 0.25) is 0 Å². The summed E-state index contributed by atoms with van der Waals surface area (Å²) < 4.78 is 14.7. The molecule has 0 aliphatic carbocycles. The Hall–Kier alpha value is -2.40. The van der Waals surface area contributed by atoms with Crippen molar-refractivity contribution in [2.45, 2.75) is 18.6 Å². The van der Waals surface area contributed by atoms with Gasteiger partial charge in [-0.15, -0.1) is 0 Å². The highest BCUT2D eigenvalue weighted by Crippen LogP contribution is 2.20. The maximum Gasteiger partial charge on any atom is 0.262 e. The van der Waals surface area contributed by atoms with Crippen LogP contribution < -0.4 is 5.56 Å². The molecule has 3 rings (SSSR count). The van der Waals surface area contributed by atoms with Gasteiger partial charge in [0.1, 0.15) is 5.82 Å². The highest BCUT2D eigenvalue weighted by atomic mass is 32.2. The summed E-state index contributed by atoms with van der Waals surface area (Å²) in [6, 6.07) is 13.5. The van der Waals surface area contributed by atoms with Crippen LogP contribution >= 0.6 is 11.8 Å². The number of nitrogens with zero attached hydrogens (tertiary/aromatic N) is 2. The lowest BCUT2D eigenvalue weighted by molar-refractivity contribution is 0.622. The average Bonchev–Trinajstić information content (AvgIpc) is 2.57. The Kier molecular flexibility index (Phi) is 4.81. The Labute approximate surface area is 143 Å². The molecule has 0 unspecified atom stereocenters. The lowest BCUT2D eigenvalue weighted by Crippen LogP contribution is -2.24. The molecule has 0 fully saturated rings. The van der Waals surface area contributed by atoms with Gasteiger partial charge in [0.2, 0.25) is 0 Å². The van der Waals surface area contributed by atoms with Gasteiger partial charge in [-0.3, -0.25) is 9.36 Å². The van der Waals surface area contributed by atoms with Crippen LogP contribution in [-0.4, -0.2) is 15.3 Å². The minimum atomic E-state index is -0.292. The van der Waals surface area contributed by atoms with Gasteiger partial charge in [0, 0.05) is 5.75 Å². The number of fused-ring (bicyclic) bond motifs is 1. The van der Waals surface area contributed by atoms with Gasteiger partial charge in [-0.25, -0.2) is 9.37 Å². The molecule has 122 valence electrons. The lowest BCUT2D eigenvalue weighted by Gasteiger charge is -2.13. The summed E-state index contributed by atoms with van der Waals surface area (Å²) in [6.07, 6.45) is 0. The molecule has 0 saturated carbocycles. The number of para-hydroxylation sites is 1. The Morgan fingerprint density at radius 1 is 1.21 bits per heavy atom. The van der Waals surface area contributed by atoms with Gasteiger partial charge in [0.05, 0.1) is 17.4 Å². The van der Waals surface area contributed by atoms with E-state index in [1.54, 1.807) is 22.8 Å². The molecule has 0 bridgehead atoms. The van der Waals surface area contributed by atoms with Crippen molar-refractivity contribution in [3.8, 4) is 0 Å². The van der Waals surface area contributed by atoms with Crippen molar-refractivity contribution in [2.24, 2.45) is 0 Å². The minimum Gasteiger partial charge on any atom is -0.283 e. The number of hydrogen-bond acceptors (Lipinski definition) is 3. The molecular formula is C19H17FN2OS. The minimum absolute atomic E-state index is 0.0888. The number of thioether (sulfide) groups is 1. The van der Waals surface area contributed by atoms with Crippen LogP contribution in [0.5, 0.6) is 0 Å². The van der Waals surface area contributed by atoms with Crippen LogP contribution in [0.3, 0.4) is 0 Å². The van der Waals surface area contributed by atoms with Gasteiger partial charge in [-0.2, -0.15) is 0 Å².